The van der Waals surface area contributed by atoms with Crippen LogP contribution in [0.1, 0.15) is 128 Å². The number of aromatic nitrogens is 3. The van der Waals surface area contributed by atoms with Crippen LogP contribution in [0.5, 0.6) is 0 Å². The second-order valence-electron chi connectivity index (χ2n) is 12.0. The van der Waals surface area contributed by atoms with Crippen LogP contribution in [-0.4, -0.2) is 15.2 Å². The Labute approximate surface area is 250 Å². The van der Waals surface area contributed by atoms with Crippen molar-refractivity contribution in [1.82, 2.24) is 15.2 Å². The highest BCUT2D eigenvalue weighted by Gasteiger charge is 2.36. The van der Waals surface area contributed by atoms with Crippen LogP contribution in [-0.2, 0) is 0 Å². The van der Waals surface area contributed by atoms with Crippen molar-refractivity contribution in [3.63, 3.8) is 0 Å². The van der Waals surface area contributed by atoms with Gasteiger partial charge in [-0.25, -0.2) is 14.5 Å². The van der Waals surface area contributed by atoms with Crippen LogP contribution in [0.3, 0.4) is 0 Å². The lowest BCUT2D eigenvalue weighted by molar-refractivity contribution is 0.495. The van der Waals surface area contributed by atoms with Crippen molar-refractivity contribution in [2.45, 2.75) is 122 Å². The van der Waals surface area contributed by atoms with Gasteiger partial charge in [0.25, 0.3) is 5.56 Å². The Morgan fingerprint density at radius 1 is 0.857 bits per heavy atom. The van der Waals surface area contributed by atoms with E-state index in [4.69, 9.17) is 0 Å². The minimum Gasteiger partial charge on any atom is -0.347 e. The molecule has 2 heterocycles. The van der Waals surface area contributed by atoms with Gasteiger partial charge in [-0.05, 0) is 67.5 Å². The molecule has 2 N–H and O–H groups in total. The Kier molecular flexibility index (Phi) is 13.0. The van der Waals surface area contributed by atoms with E-state index in [9.17, 15) is 13.6 Å². The zero-order chi connectivity index (χ0) is 29.6. The normalized spacial score (nSPS) is 13.8. The lowest BCUT2D eigenvalue weighted by Crippen LogP contribution is -2.21. The molecule has 0 saturated heterocycles. The van der Waals surface area contributed by atoms with Crippen molar-refractivity contribution in [1.29, 1.82) is 0 Å². The highest BCUT2D eigenvalue weighted by molar-refractivity contribution is 5.73. The lowest BCUT2D eigenvalue weighted by atomic mass is 9.85. The fraction of sp³-hybridized carbons (Fsp3) is 0.571. The van der Waals surface area contributed by atoms with Crippen LogP contribution in [0, 0.1) is 17.7 Å². The highest BCUT2D eigenvalue weighted by Crippen LogP contribution is 2.49. The molecule has 5 nitrogen and oxygen atoms in total. The average Bonchev–Trinajstić information content (AvgIpc) is 3.84. The zero-order valence-electron chi connectivity index (χ0n) is 25.3. The fourth-order valence-corrected chi connectivity index (χ4v) is 6.06. The molecule has 0 amide bonds. The number of benzene rings is 1. The molecule has 0 radical (unpaired) electrons. The van der Waals surface area contributed by atoms with E-state index in [1.54, 1.807) is 24.3 Å². The molecule has 1 aromatic carbocycles. The maximum absolute atomic E-state index is 14.5. The lowest BCUT2D eigenvalue weighted by Gasteiger charge is -2.23. The molecular formula is C35H48F2N4O. The molecule has 1 saturated carbocycles. The first-order valence-corrected chi connectivity index (χ1v) is 16.3. The van der Waals surface area contributed by atoms with Crippen molar-refractivity contribution in [3.05, 3.63) is 70.3 Å². The Morgan fingerprint density at radius 3 is 2.02 bits per heavy atom. The van der Waals surface area contributed by atoms with Crippen LogP contribution in [0.2, 0.25) is 0 Å². The molecule has 1 atom stereocenters. The summed E-state index contributed by atoms with van der Waals surface area (Å²) in [7, 11) is 0. The van der Waals surface area contributed by atoms with Crippen molar-refractivity contribution in [2.24, 2.45) is 5.92 Å². The molecule has 2 aromatic heterocycles. The summed E-state index contributed by atoms with van der Waals surface area (Å²) in [6.07, 6.45) is 22.8. The minimum absolute atomic E-state index is 0.111. The summed E-state index contributed by atoms with van der Waals surface area (Å²) in [5.41, 5.74) is 2.19. The number of pyridine rings is 1. The third-order valence-corrected chi connectivity index (χ3v) is 8.59. The first kappa shape index (κ1) is 31.8. The van der Waals surface area contributed by atoms with Gasteiger partial charge in [0.05, 0.1) is 11.4 Å². The monoisotopic (exact) mass is 578 g/mol. The van der Waals surface area contributed by atoms with Gasteiger partial charge in [0.1, 0.15) is 11.5 Å². The largest absolute Gasteiger partial charge is 0.347 e. The van der Waals surface area contributed by atoms with Crippen LogP contribution in [0.4, 0.5) is 20.2 Å². The third-order valence-electron chi connectivity index (χ3n) is 8.59. The van der Waals surface area contributed by atoms with Gasteiger partial charge in [-0.2, -0.15) is 9.49 Å². The summed E-state index contributed by atoms with van der Waals surface area (Å²) in [5, 5.41) is 10.1. The van der Waals surface area contributed by atoms with Crippen molar-refractivity contribution in [3.8, 4) is 11.3 Å². The molecule has 0 bridgehead atoms. The summed E-state index contributed by atoms with van der Waals surface area (Å²) in [6.45, 7) is 2.27. The van der Waals surface area contributed by atoms with Crippen LogP contribution >= 0.6 is 0 Å². The minimum atomic E-state index is -0.669. The molecule has 0 spiro atoms. The van der Waals surface area contributed by atoms with E-state index < -0.39 is 11.5 Å². The van der Waals surface area contributed by atoms with Gasteiger partial charge in [0.15, 0.2) is 0 Å². The Bertz CT molecular complexity index is 1270. The average molecular weight is 579 g/mol. The highest BCUT2D eigenvalue weighted by atomic mass is 19.1. The number of nitrogens with one attached hydrogen (secondary N) is 2. The molecule has 42 heavy (non-hydrogen) atoms. The van der Waals surface area contributed by atoms with Gasteiger partial charge in [-0.15, -0.1) is 0 Å². The molecular weight excluding hydrogens is 530 g/mol. The number of anilines is 2. The summed E-state index contributed by atoms with van der Waals surface area (Å²) >= 11 is 0. The number of aromatic amines is 1. The van der Waals surface area contributed by atoms with Crippen LogP contribution in [0.25, 0.3) is 11.3 Å². The third kappa shape index (κ3) is 9.74. The molecule has 1 aliphatic carbocycles. The SMILES string of the molecule is CCCCCCCCCCCCCCCCC(c1c(-c2ccc(F)cc2)n[nH]c(=O)c1Nc1cccnc1F)C1CC1. The van der Waals surface area contributed by atoms with E-state index in [0.29, 0.717) is 17.3 Å². The number of hydrogen-bond donors (Lipinski definition) is 2. The fourth-order valence-electron chi connectivity index (χ4n) is 6.06. The maximum atomic E-state index is 14.5. The molecule has 228 valence electrons. The first-order chi connectivity index (χ1) is 20.6. The summed E-state index contributed by atoms with van der Waals surface area (Å²) in [5.74, 6) is -0.437. The van der Waals surface area contributed by atoms with Gasteiger partial charge >= 0.3 is 0 Å². The van der Waals surface area contributed by atoms with Crippen LogP contribution < -0.4 is 10.9 Å². The zero-order valence-corrected chi connectivity index (χ0v) is 25.3. The van der Waals surface area contributed by atoms with Gasteiger partial charge < -0.3 is 5.32 Å². The molecule has 3 aromatic rings. The second kappa shape index (κ2) is 17.1. The smallest absolute Gasteiger partial charge is 0.288 e. The van der Waals surface area contributed by atoms with Crippen LogP contribution in [0.15, 0.2) is 47.4 Å². The molecule has 0 aliphatic heterocycles. The number of unbranched alkanes of at least 4 members (excludes halogenated alkanes) is 13. The predicted octanol–water partition coefficient (Wildman–Crippen LogP) is 10.2. The molecule has 4 rings (SSSR count). The predicted molar refractivity (Wildman–Crippen MR) is 168 cm³/mol. The molecule has 1 unspecified atom stereocenters. The number of halogens is 2. The van der Waals surface area contributed by atoms with Gasteiger partial charge in [-0.1, -0.05) is 96.8 Å². The van der Waals surface area contributed by atoms with E-state index in [1.165, 1.54) is 95.4 Å². The van der Waals surface area contributed by atoms with Gasteiger partial charge in [-0.3, -0.25) is 4.79 Å². The summed E-state index contributed by atoms with van der Waals surface area (Å²) in [4.78, 5) is 16.9. The van der Waals surface area contributed by atoms with E-state index in [-0.39, 0.29) is 17.4 Å². The molecule has 7 heteroatoms. The molecule has 1 fully saturated rings. The van der Waals surface area contributed by atoms with Gasteiger partial charge in [0.2, 0.25) is 5.95 Å². The number of hydrogen-bond acceptors (Lipinski definition) is 4. The number of rotatable bonds is 20. The van der Waals surface area contributed by atoms with E-state index >= 15 is 0 Å². The Hall–Kier alpha value is -3.09. The van der Waals surface area contributed by atoms with E-state index in [2.05, 4.69) is 27.4 Å². The van der Waals surface area contributed by atoms with Crippen molar-refractivity contribution in [2.75, 3.05) is 5.32 Å². The Morgan fingerprint density at radius 2 is 1.45 bits per heavy atom. The van der Waals surface area contributed by atoms with Crippen molar-refractivity contribution < 1.29 is 8.78 Å². The Balaban J connectivity index is 1.37. The van der Waals surface area contributed by atoms with Gasteiger partial charge in [0, 0.05) is 17.3 Å². The second-order valence-corrected chi connectivity index (χ2v) is 12.0. The maximum Gasteiger partial charge on any atom is 0.288 e. The topological polar surface area (TPSA) is 70.7 Å². The summed E-state index contributed by atoms with van der Waals surface area (Å²) < 4.78 is 28.3. The van der Waals surface area contributed by atoms with Crippen molar-refractivity contribution >= 4 is 11.4 Å². The van der Waals surface area contributed by atoms with E-state index in [0.717, 1.165) is 43.2 Å². The molecule has 1 aliphatic rings. The number of nitrogens with zero attached hydrogens (tertiary/aromatic N) is 2. The quantitative estimate of drug-likeness (QED) is 0.103. The first-order valence-electron chi connectivity index (χ1n) is 16.3. The van der Waals surface area contributed by atoms with E-state index in [1.807, 2.05) is 0 Å². The number of H-pyrrole nitrogens is 1. The standard InChI is InChI=1S/C35H48F2N4O/c1-2-3-4-5-6-7-8-9-10-11-12-13-14-15-17-29(26-19-20-26)31-32(27-21-23-28(36)24-22-27)40-41-35(42)33(31)39-30-18-16-25-38-34(30)37/h16,18,21-26,29H,2-15,17,19-20H2,1H3,(H,39,40)(H,41,42). The summed E-state index contributed by atoms with van der Waals surface area (Å²) in [6, 6.07) is 9.38.